The molecule has 210 valence electrons. The molecule has 6 heteroatoms. The van der Waals surface area contributed by atoms with Gasteiger partial charge in [0.2, 0.25) is 18.3 Å². The fourth-order valence-corrected chi connectivity index (χ4v) is 4.06. The van der Waals surface area contributed by atoms with E-state index < -0.39 is 5.91 Å². The highest BCUT2D eigenvalue weighted by molar-refractivity contribution is 5.76. The predicted molar refractivity (Wildman–Crippen MR) is 153 cm³/mol. The van der Waals surface area contributed by atoms with Gasteiger partial charge in [0.25, 0.3) is 0 Å². The zero-order valence-corrected chi connectivity index (χ0v) is 24.2. The van der Waals surface area contributed by atoms with Crippen LogP contribution in [0.5, 0.6) is 0 Å². The summed E-state index contributed by atoms with van der Waals surface area (Å²) in [7, 11) is 0. The van der Waals surface area contributed by atoms with Crippen molar-refractivity contribution in [2.45, 2.75) is 149 Å². The molecule has 0 saturated heterocycles. The summed E-state index contributed by atoms with van der Waals surface area (Å²) in [5.41, 5.74) is 0. The number of carbonyl (C=O) groups is 1. The first-order valence-corrected chi connectivity index (χ1v) is 15.2. The van der Waals surface area contributed by atoms with E-state index in [9.17, 15) is 4.79 Å². The summed E-state index contributed by atoms with van der Waals surface area (Å²) in [6.45, 7) is 10.4. The molecule has 0 radical (unpaired) electrons. The molecule has 0 atom stereocenters. The van der Waals surface area contributed by atoms with Gasteiger partial charge in [-0.1, -0.05) is 129 Å². The van der Waals surface area contributed by atoms with Gasteiger partial charge in [0.1, 0.15) is 0 Å². The fourth-order valence-electron chi connectivity index (χ4n) is 4.06. The maximum atomic E-state index is 10.1. The Morgan fingerprint density at radius 2 is 0.806 bits per heavy atom. The van der Waals surface area contributed by atoms with Crippen molar-refractivity contribution < 1.29 is 4.79 Å². The number of unbranched alkanes of at least 4 members (excludes halogenated alkanes) is 18. The van der Waals surface area contributed by atoms with Crippen LogP contribution in [-0.2, 0) is 4.79 Å². The standard InChI is InChI=1S/C26H56N2.C4H3N3O/c1-3-5-7-9-11-13-15-17-19-21-23-27-25-26-28-24-22-20-18-16-14-12-10-8-6-4-2;1-4(8)7(2-5)3-6/h27-28H,3-26H2,1-2H3;1H3. The molecule has 0 aliphatic rings. The third-order valence-corrected chi connectivity index (χ3v) is 6.41. The van der Waals surface area contributed by atoms with Crippen LogP contribution in [0.1, 0.15) is 149 Å². The summed E-state index contributed by atoms with van der Waals surface area (Å²) in [6, 6.07) is 0. The molecule has 0 rings (SSSR count). The van der Waals surface area contributed by atoms with Crippen LogP contribution >= 0.6 is 0 Å². The highest BCUT2D eigenvalue weighted by Gasteiger charge is 2.02. The molecule has 36 heavy (non-hydrogen) atoms. The van der Waals surface area contributed by atoms with Crippen molar-refractivity contribution in [1.82, 2.24) is 15.5 Å². The lowest BCUT2D eigenvalue weighted by Gasteiger charge is -2.07. The van der Waals surface area contributed by atoms with E-state index in [2.05, 4.69) is 24.5 Å². The van der Waals surface area contributed by atoms with E-state index >= 15 is 0 Å². The van der Waals surface area contributed by atoms with Gasteiger partial charge >= 0.3 is 0 Å². The Bertz CT molecular complexity index is 486. The van der Waals surface area contributed by atoms with Crippen molar-refractivity contribution in [3.8, 4) is 12.4 Å². The Kier molecular flexibility index (Phi) is 33.9. The van der Waals surface area contributed by atoms with Crippen molar-refractivity contribution in [2.75, 3.05) is 26.2 Å². The van der Waals surface area contributed by atoms with Gasteiger partial charge in [0.15, 0.2) is 0 Å². The van der Waals surface area contributed by atoms with Crippen LogP contribution < -0.4 is 10.6 Å². The smallest absolute Gasteiger partial charge is 0.246 e. The fraction of sp³-hybridized carbons (Fsp3) is 0.900. The lowest BCUT2D eigenvalue weighted by molar-refractivity contribution is -0.123. The minimum absolute atomic E-state index is 0.389. The molecule has 0 saturated carbocycles. The van der Waals surface area contributed by atoms with Gasteiger partial charge < -0.3 is 10.6 Å². The lowest BCUT2D eigenvalue weighted by atomic mass is 10.1. The number of carbonyl (C=O) groups excluding carboxylic acids is 1. The van der Waals surface area contributed by atoms with E-state index in [4.69, 9.17) is 10.5 Å². The van der Waals surface area contributed by atoms with Gasteiger partial charge in [0, 0.05) is 20.0 Å². The van der Waals surface area contributed by atoms with Crippen molar-refractivity contribution in [3.05, 3.63) is 0 Å². The summed E-state index contributed by atoms with van der Waals surface area (Å²) in [6.07, 6.45) is 31.3. The van der Waals surface area contributed by atoms with Crippen molar-refractivity contribution in [3.63, 3.8) is 0 Å². The molecule has 0 aliphatic carbocycles. The SMILES string of the molecule is CC(=O)N(C#N)C#N.CCCCCCCCCCCCNCCNCCCCCCCCCCCC. The molecular formula is C30H59N5O. The zero-order valence-electron chi connectivity index (χ0n) is 24.2. The predicted octanol–water partition coefficient (Wildman–Crippen LogP) is 7.80. The Morgan fingerprint density at radius 3 is 1.03 bits per heavy atom. The second-order valence-electron chi connectivity index (χ2n) is 9.92. The lowest BCUT2D eigenvalue weighted by Crippen LogP contribution is -2.28. The molecule has 0 fully saturated rings. The van der Waals surface area contributed by atoms with Crippen LogP contribution in [0.25, 0.3) is 0 Å². The van der Waals surface area contributed by atoms with E-state index in [1.807, 2.05) is 0 Å². The monoisotopic (exact) mass is 505 g/mol. The van der Waals surface area contributed by atoms with Crippen molar-refractivity contribution in [1.29, 1.82) is 10.5 Å². The average molecular weight is 506 g/mol. The molecule has 6 nitrogen and oxygen atoms in total. The number of rotatable bonds is 25. The van der Waals surface area contributed by atoms with Gasteiger partial charge in [-0.3, -0.25) is 4.79 Å². The molecule has 0 aromatic rings. The summed E-state index contributed by atoms with van der Waals surface area (Å²) in [5.74, 6) is -0.560. The highest BCUT2D eigenvalue weighted by atomic mass is 16.2. The normalized spacial score (nSPS) is 10.2. The third kappa shape index (κ3) is 32.4. The Labute approximate surface area is 224 Å². The van der Waals surface area contributed by atoms with E-state index in [0.29, 0.717) is 4.90 Å². The van der Waals surface area contributed by atoms with Crippen LogP contribution in [0.15, 0.2) is 0 Å². The molecular weight excluding hydrogens is 446 g/mol. The van der Waals surface area contributed by atoms with Crippen molar-refractivity contribution >= 4 is 5.91 Å². The van der Waals surface area contributed by atoms with Crippen LogP contribution in [0, 0.1) is 22.9 Å². The maximum absolute atomic E-state index is 10.1. The first kappa shape index (κ1) is 36.5. The van der Waals surface area contributed by atoms with Gasteiger partial charge in [0.05, 0.1) is 0 Å². The van der Waals surface area contributed by atoms with Gasteiger partial charge in [-0.15, -0.1) is 4.90 Å². The molecule has 0 aliphatic heterocycles. The molecule has 0 spiro atoms. The molecule has 1 amide bonds. The number of hydrogen-bond donors (Lipinski definition) is 2. The summed E-state index contributed by atoms with van der Waals surface area (Å²) in [4.78, 5) is 10.5. The summed E-state index contributed by atoms with van der Waals surface area (Å²) in [5, 5.41) is 23.0. The molecule has 2 N–H and O–H groups in total. The van der Waals surface area contributed by atoms with E-state index in [-0.39, 0.29) is 0 Å². The molecule has 0 heterocycles. The Morgan fingerprint density at radius 1 is 0.528 bits per heavy atom. The van der Waals surface area contributed by atoms with Crippen LogP contribution in [0.2, 0.25) is 0 Å². The van der Waals surface area contributed by atoms with E-state index in [0.717, 1.165) is 20.0 Å². The number of amides is 1. The Hall–Kier alpha value is -1.63. The van der Waals surface area contributed by atoms with Gasteiger partial charge in [-0.25, -0.2) is 0 Å². The zero-order chi connectivity index (χ0) is 27.0. The first-order valence-electron chi connectivity index (χ1n) is 15.2. The topological polar surface area (TPSA) is 92.0 Å². The number of nitrogens with one attached hydrogen (secondary N) is 2. The largest absolute Gasteiger partial charge is 0.315 e. The molecule has 0 aromatic heterocycles. The van der Waals surface area contributed by atoms with Gasteiger partial charge in [-0.2, -0.15) is 10.5 Å². The number of hydrogen-bond acceptors (Lipinski definition) is 5. The average Bonchev–Trinajstić information content (AvgIpc) is 2.87. The minimum atomic E-state index is -0.560. The van der Waals surface area contributed by atoms with Crippen LogP contribution in [0.3, 0.4) is 0 Å². The van der Waals surface area contributed by atoms with Gasteiger partial charge in [-0.05, 0) is 25.9 Å². The van der Waals surface area contributed by atoms with Crippen LogP contribution in [0.4, 0.5) is 0 Å². The van der Waals surface area contributed by atoms with Crippen LogP contribution in [-0.4, -0.2) is 37.0 Å². The van der Waals surface area contributed by atoms with Crippen molar-refractivity contribution in [2.24, 2.45) is 0 Å². The molecule has 0 bridgehead atoms. The first-order chi connectivity index (χ1) is 17.6. The second-order valence-corrected chi connectivity index (χ2v) is 9.92. The van der Waals surface area contributed by atoms with E-state index in [1.165, 1.54) is 154 Å². The number of nitrogens with zero attached hydrogens (tertiary/aromatic N) is 3. The minimum Gasteiger partial charge on any atom is -0.315 e. The molecule has 0 aromatic carbocycles. The third-order valence-electron chi connectivity index (χ3n) is 6.41. The number of nitriles is 2. The maximum Gasteiger partial charge on any atom is 0.246 e. The second kappa shape index (κ2) is 33.4. The molecule has 0 unspecified atom stereocenters. The quantitative estimate of drug-likeness (QED) is 0.0750. The highest BCUT2D eigenvalue weighted by Crippen LogP contribution is 2.11. The van der Waals surface area contributed by atoms with E-state index in [1.54, 1.807) is 0 Å². The summed E-state index contributed by atoms with van der Waals surface area (Å²) < 4.78 is 0. The Balaban J connectivity index is 0. The summed E-state index contributed by atoms with van der Waals surface area (Å²) >= 11 is 0.